The Hall–Kier alpha value is -2.86. The maximum Gasteiger partial charge on any atom is 0.295 e. The number of aromatic hydroxyl groups is 1. The Morgan fingerprint density at radius 1 is 0.724 bits per heavy atom. The number of rotatable bonds is 4. The van der Waals surface area contributed by atoms with Gasteiger partial charge in [0.1, 0.15) is 10.6 Å². The van der Waals surface area contributed by atoms with E-state index in [0.717, 1.165) is 12.1 Å². The van der Waals surface area contributed by atoms with E-state index in [1.54, 1.807) is 19.1 Å². The SMILES string of the molecule is Cc1cc(C)c(S(=O)(=O)O)cc1/N=N/c1cc(S(=O)(=O)O)c2ccccc2c1O. The summed E-state index contributed by atoms with van der Waals surface area (Å²) < 4.78 is 65.3. The van der Waals surface area contributed by atoms with Crippen molar-refractivity contribution in [2.24, 2.45) is 10.2 Å². The molecule has 0 bridgehead atoms. The maximum absolute atomic E-state index is 11.7. The fourth-order valence-electron chi connectivity index (χ4n) is 2.92. The van der Waals surface area contributed by atoms with Crippen LogP contribution < -0.4 is 0 Å². The van der Waals surface area contributed by atoms with Gasteiger partial charge in [0, 0.05) is 10.8 Å². The third-order valence-electron chi connectivity index (χ3n) is 4.27. The second kappa shape index (κ2) is 7.19. The van der Waals surface area contributed by atoms with Crippen LogP contribution in [-0.2, 0) is 20.2 Å². The first kappa shape index (κ1) is 20.9. The van der Waals surface area contributed by atoms with E-state index >= 15 is 0 Å². The molecule has 0 radical (unpaired) electrons. The summed E-state index contributed by atoms with van der Waals surface area (Å²) in [6, 6.07) is 9.55. The molecule has 0 spiro atoms. The third-order valence-corrected chi connectivity index (χ3v) is 6.16. The van der Waals surface area contributed by atoms with Crippen LogP contribution in [0.15, 0.2) is 62.5 Å². The van der Waals surface area contributed by atoms with Crippen LogP contribution in [0, 0.1) is 13.8 Å². The van der Waals surface area contributed by atoms with Crippen molar-refractivity contribution in [3.8, 4) is 5.75 Å². The highest BCUT2D eigenvalue weighted by molar-refractivity contribution is 7.86. The average Bonchev–Trinajstić information content (AvgIpc) is 2.60. The van der Waals surface area contributed by atoms with Gasteiger partial charge in [-0.3, -0.25) is 9.11 Å². The molecule has 0 aliphatic heterocycles. The van der Waals surface area contributed by atoms with E-state index in [1.165, 1.54) is 25.1 Å². The monoisotopic (exact) mass is 436 g/mol. The normalized spacial score (nSPS) is 12.7. The summed E-state index contributed by atoms with van der Waals surface area (Å²) in [6.45, 7) is 3.14. The van der Waals surface area contributed by atoms with Gasteiger partial charge in [0.2, 0.25) is 0 Å². The number of phenolic OH excluding ortho intramolecular Hbond substituents is 1. The molecule has 0 amide bonds. The highest BCUT2D eigenvalue weighted by Crippen LogP contribution is 2.40. The van der Waals surface area contributed by atoms with Crippen LogP contribution in [0.5, 0.6) is 5.75 Å². The molecule has 0 unspecified atom stereocenters. The number of phenols is 1. The smallest absolute Gasteiger partial charge is 0.295 e. The van der Waals surface area contributed by atoms with Gasteiger partial charge in [-0.25, -0.2) is 0 Å². The van der Waals surface area contributed by atoms with Crippen LogP contribution >= 0.6 is 0 Å². The summed E-state index contributed by atoms with van der Waals surface area (Å²) >= 11 is 0. The minimum atomic E-state index is -4.62. The number of hydrogen-bond acceptors (Lipinski definition) is 7. The lowest BCUT2D eigenvalue weighted by atomic mass is 10.1. The van der Waals surface area contributed by atoms with Gasteiger partial charge in [0.25, 0.3) is 20.2 Å². The van der Waals surface area contributed by atoms with Crippen molar-refractivity contribution in [1.29, 1.82) is 0 Å². The summed E-state index contributed by atoms with van der Waals surface area (Å²) in [5, 5.41) is 18.4. The van der Waals surface area contributed by atoms with Crippen LogP contribution in [0.1, 0.15) is 11.1 Å². The predicted molar refractivity (Wildman–Crippen MR) is 105 cm³/mol. The first-order valence-electron chi connectivity index (χ1n) is 8.12. The van der Waals surface area contributed by atoms with Crippen LogP contribution in [0.2, 0.25) is 0 Å². The highest BCUT2D eigenvalue weighted by atomic mass is 32.2. The zero-order valence-corrected chi connectivity index (χ0v) is 16.9. The molecule has 0 atom stereocenters. The van der Waals surface area contributed by atoms with Crippen molar-refractivity contribution in [1.82, 2.24) is 0 Å². The van der Waals surface area contributed by atoms with E-state index in [4.69, 9.17) is 0 Å². The van der Waals surface area contributed by atoms with Crippen molar-refractivity contribution in [3.63, 3.8) is 0 Å². The van der Waals surface area contributed by atoms with Crippen molar-refractivity contribution in [2.45, 2.75) is 23.6 Å². The summed E-state index contributed by atoms with van der Waals surface area (Å²) in [5.41, 5.74) is 0.689. The predicted octanol–water partition coefficient (Wildman–Crippen LogP) is 4.07. The molecule has 9 nitrogen and oxygen atoms in total. The molecule has 11 heteroatoms. The van der Waals surface area contributed by atoms with Crippen LogP contribution in [0.3, 0.4) is 0 Å². The molecule has 0 fully saturated rings. The van der Waals surface area contributed by atoms with E-state index < -0.39 is 25.1 Å². The van der Waals surface area contributed by atoms with E-state index in [9.17, 15) is 31.0 Å². The zero-order chi connectivity index (χ0) is 21.6. The Bertz CT molecular complexity index is 1380. The number of aryl methyl sites for hydroxylation is 2. The quantitative estimate of drug-likeness (QED) is 0.411. The first-order chi connectivity index (χ1) is 13.4. The lowest BCUT2D eigenvalue weighted by Gasteiger charge is -2.09. The second-order valence-corrected chi connectivity index (χ2v) is 9.12. The third kappa shape index (κ3) is 4.12. The van der Waals surface area contributed by atoms with Gasteiger partial charge in [-0.1, -0.05) is 30.3 Å². The van der Waals surface area contributed by atoms with Crippen LogP contribution in [0.25, 0.3) is 10.8 Å². The molecular formula is C18H16N2O7S2. The van der Waals surface area contributed by atoms with Gasteiger partial charge in [0.05, 0.1) is 10.6 Å². The molecule has 152 valence electrons. The number of nitrogens with zero attached hydrogens (tertiary/aromatic N) is 2. The average molecular weight is 436 g/mol. The first-order valence-corrected chi connectivity index (χ1v) is 11.0. The largest absolute Gasteiger partial charge is 0.505 e. The van der Waals surface area contributed by atoms with Gasteiger partial charge in [0.15, 0.2) is 5.75 Å². The number of fused-ring (bicyclic) bond motifs is 1. The summed E-state index contributed by atoms with van der Waals surface area (Å²) in [5.74, 6) is -0.364. The van der Waals surface area contributed by atoms with Gasteiger partial charge in [-0.2, -0.15) is 21.9 Å². The maximum atomic E-state index is 11.7. The Balaban J connectivity index is 2.22. The van der Waals surface area contributed by atoms with Gasteiger partial charge >= 0.3 is 0 Å². The lowest BCUT2D eigenvalue weighted by molar-refractivity contribution is 0.478. The van der Waals surface area contributed by atoms with E-state index in [0.29, 0.717) is 11.1 Å². The van der Waals surface area contributed by atoms with E-state index in [1.807, 2.05) is 0 Å². The van der Waals surface area contributed by atoms with E-state index in [-0.39, 0.29) is 32.8 Å². The fraction of sp³-hybridized carbons (Fsp3) is 0.111. The van der Waals surface area contributed by atoms with Crippen molar-refractivity contribution < 1.29 is 31.0 Å². The number of hydrogen-bond donors (Lipinski definition) is 3. The molecule has 3 N–H and O–H groups in total. The molecule has 0 aromatic heterocycles. The molecule has 0 aliphatic rings. The van der Waals surface area contributed by atoms with Gasteiger partial charge in [-0.05, 0) is 37.1 Å². The second-order valence-electron chi connectivity index (χ2n) is 6.34. The molecule has 0 saturated carbocycles. The fourth-order valence-corrected chi connectivity index (χ4v) is 4.36. The molecule has 0 aliphatic carbocycles. The molecule has 3 rings (SSSR count). The van der Waals surface area contributed by atoms with Crippen molar-refractivity contribution >= 4 is 42.4 Å². The van der Waals surface area contributed by atoms with Crippen LogP contribution in [0.4, 0.5) is 11.4 Å². The van der Waals surface area contributed by atoms with Crippen molar-refractivity contribution in [2.75, 3.05) is 0 Å². The lowest BCUT2D eigenvalue weighted by Crippen LogP contribution is -2.01. The van der Waals surface area contributed by atoms with Gasteiger partial charge in [-0.15, -0.1) is 5.11 Å². The molecule has 0 heterocycles. The summed E-state index contributed by atoms with van der Waals surface area (Å²) in [7, 11) is -9.10. The zero-order valence-electron chi connectivity index (χ0n) is 15.2. The summed E-state index contributed by atoms with van der Waals surface area (Å²) in [4.78, 5) is -0.808. The van der Waals surface area contributed by atoms with Gasteiger partial charge < -0.3 is 5.11 Å². The highest BCUT2D eigenvalue weighted by Gasteiger charge is 2.20. The molecule has 3 aromatic rings. The Labute approximate surface area is 166 Å². The molecule has 29 heavy (non-hydrogen) atoms. The van der Waals surface area contributed by atoms with Crippen LogP contribution in [-0.4, -0.2) is 31.0 Å². The minimum absolute atomic E-state index is 0.0872. The Kier molecular flexibility index (Phi) is 5.17. The summed E-state index contributed by atoms with van der Waals surface area (Å²) in [6.07, 6.45) is 0. The Morgan fingerprint density at radius 2 is 1.24 bits per heavy atom. The number of benzene rings is 3. The Morgan fingerprint density at radius 3 is 1.83 bits per heavy atom. The molecular weight excluding hydrogens is 420 g/mol. The minimum Gasteiger partial charge on any atom is -0.505 e. The topological polar surface area (TPSA) is 154 Å². The molecule has 0 saturated heterocycles. The molecule has 3 aromatic carbocycles. The van der Waals surface area contributed by atoms with Crippen molar-refractivity contribution in [3.05, 3.63) is 53.6 Å². The standard InChI is InChI=1S/C18H16N2O7S2/c1-10-7-11(2)16(28(22,23)24)8-14(10)19-20-15-9-17(29(25,26)27)12-5-3-4-6-13(12)18(15)21/h3-9,21H,1-2H3,(H,22,23,24)(H,25,26,27)/b20-19+. The number of azo groups is 1. The van der Waals surface area contributed by atoms with E-state index in [2.05, 4.69) is 10.2 Å².